The number of aromatic nitrogens is 2. The third-order valence-electron chi connectivity index (χ3n) is 2.95. The van der Waals surface area contributed by atoms with Gasteiger partial charge >= 0.3 is 6.18 Å². The van der Waals surface area contributed by atoms with Gasteiger partial charge in [0.15, 0.2) is 5.82 Å². The highest BCUT2D eigenvalue weighted by atomic mass is 19.4. The molecule has 1 aliphatic rings. The van der Waals surface area contributed by atoms with E-state index in [0.29, 0.717) is 31.3 Å². The first-order chi connectivity index (χ1) is 9.46. The second-order valence-corrected chi connectivity index (χ2v) is 4.60. The summed E-state index contributed by atoms with van der Waals surface area (Å²) in [5.74, 6) is 0.504. The molecule has 0 amide bonds. The average molecular weight is 295 g/mol. The fourth-order valence-corrected chi connectivity index (χ4v) is 1.88. The number of nitrogens with zero attached hydrogens (tertiary/aromatic N) is 2. The lowest BCUT2D eigenvalue weighted by molar-refractivity contribution is -0.173. The third kappa shape index (κ3) is 4.43. The van der Waals surface area contributed by atoms with Crippen LogP contribution < -0.4 is 5.73 Å². The van der Waals surface area contributed by atoms with Crippen LogP contribution in [0.2, 0.25) is 0 Å². The van der Waals surface area contributed by atoms with Crippen molar-refractivity contribution in [1.29, 1.82) is 0 Å². The van der Waals surface area contributed by atoms with Crippen LogP contribution in [0.1, 0.15) is 24.1 Å². The van der Waals surface area contributed by atoms with Crippen LogP contribution in [-0.4, -0.2) is 48.8 Å². The summed E-state index contributed by atoms with van der Waals surface area (Å²) in [5, 5.41) is 3.70. The topological polar surface area (TPSA) is 83.4 Å². The number of rotatable bonds is 5. The Morgan fingerprint density at radius 3 is 2.90 bits per heavy atom. The molecule has 0 saturated carbocycles. The Morgan fingerprint density at radius 1 is 1.40 bits per heavy atom. The van der Waals surface area contributed by atoms with Gasteiger partial charge in [-0.2, -0.15) is 18.2 Å². The van der Waals surface area contributed by atoms with Crippen molar-refractivity contribution in [3.05, 3.63) is 11.7 Å². The number of halogens is 3. The molecule has 2 rings (SSSR count). The van der Waals surface area contributed by atoms with Crippen LogP contribution in [0, 0.1) is 0 Å². The average Bonchev–Trinajstić information content (AvgIpc) is 2.83. The predicted molar refractivity (Wildman–Crippen MR) is 61.0 cm³/mol. The zero-order valence-corrected chi connectivity index (χ0v) is 10.7. The van der Waals surface area contributed by atoms with Gasteiger partial charge in [0.1, 0.15) is 6.61 Å². The van der Waals surface area contributed by atoms with Crippen molar-refractivity contribution in [2.75, 3.05) is 26.4 Å². The smallest absolute Gasteiger partial charge is 0.381 e. The second kappa shape index (κ2) is 6.51. The summed E-state index contributed by atoms with van der Waals surface area (Å²) < 4.78 is 50.5. The molecular weight excluding hydrogens is 279 g/mol. The number of hydrogen-bond donors (Lipinski definition) is 1. The maximum absolute atomic E-state index is 11.9. The molecule has 6 nitrogen and oxygen atoms in total. The van der Waals surface area contributed by atoms with Gasteiger partial charge in [0.2, 0.25) is 5.89 Å². The van der Waals surface area contributed by atoms with Crippen molar-refractivity contribution >= 4 is 0 Å². The Kier molecular flexibility index (Phi) is 4.95. The van der Waals surface area contributed by atoms with Crippen LogP contribution in [0.25, 0.3) is 0 Å². The molecule has 1 saturated heterocycles. The Bertz CT molecular complexity index is 425. The van der Waals surface area contributed by atoms with Crippen LogP contribution in [0.5, 0.6) is 0 Å². The summed E-state index contributed by atoms with van der Waals surface area (Å²) in [6.45, 7) is -0.387. The molecule has 20 heavy (non-hydrogen) atoms. The minimum atomic E-state index is -4.32. The summed E-state index contributed by atoms with van der Waals surface area (Å²) in [6, 6.07) is -0.112. The van der Waals surface area contributed by atoms with E-state index >= 15 is 0 Å². The molecule has 1 aromatic heterocycles. The Balaban J connectivity index is 1.80. The molecule has 0 bridgehead atoms. The van der Waals surface area contributed by atoms with Crippen molar-refractivity contribution in [3.8, 4) is 0 Å². The van der Waals surface area contributed by atoms with Gasteiger partial charge in [0.25, 0.3) is 0 Å². The normalized spacial score (nSPS) is 24.0. The summed E-state index contributed by atoms with van der Waals surface area (Å²) in [5.41, 5.74) is 5.93. The molecule has 114 valence electrons. The quantitative estimate of drug-likeness (QED) is 0.817. The molecule has 0 aliphatic carbocycles. The lowest BCUT2D eigenvalue weighted by Crippen LogP contribution is -2.37. The van der Waals surface area contributed by atoms with Gasteiger partial charge < -0.3 is 19.7 Å². The monoisotopic (exact) mass is 295 g/mol. The van der Waals surface area contributed by atoms with Crippen LogP contribution in [-0.2, 0) is 15.9 Å². The van der Waals surface area contributed by atoms with Crippen LogP contribution in [0.3, 0.4) is 0 Å². The first-order valence-electron chi connectivity index (χ1n) is 6.26. The molecular formula is C11H16F3N3O3. The zero-order chi connectivity index (χ0) is 14.6. The number of ether oxygens (including phenoxy) is 2. The Morgan fingerprint density at radius 2 is 2.20 bits per heavy atom. The molecule has 1 fully saturated rings. The van der Waals surface area contributed by atoms with Gasteiger partial charge in [-0.3, -0.25) is 0 Å². The van der Waals surface area contributed by atoms with E-state index in [1.54, 1.807) is 0 Å². The lowest BCUT2D eigenvalue weighted by atomic mass is 9.97. The molecule has 1 aromatic rings. The van der Waals surface area contributed by atoms with E-state index in [2.05, 4.69) is 14.9 Å². The van der Waals surface area contributed by atoms with Gasteiger partial charge in [0.05, 0.1) is 19.1 Å². The second-order valence-electron chi connectivity index (χ2n) is 4.60. The molecule has 0 aromatic carbocycles. The fourth-order valence-electron chi connectivity index (χ4n) is 1.88. The molecule has 1 aliphatic heterocycles. The molecule has 9 heteroatoms. The summed E-state index contributed by atoms with van der Waals surface area (Å²) in [7, 11) is 0. The van der Waals surface area contributed by atoms with Gasteiger partial charge in [-0.05, 0) is 6.42 Å². The molecule has 0 radical (unpaired) electrons. The maximum Gasteiger partial charge on any atom is 0.411 e. The van der Waals surface area contributed by atoms with E-state index in [1.807, 2.05) is 0 Å². The van der Waals surface area contributed by atoms with Crippen molar-refractivity contribution in [1.82, 2.24) is 10.1 Å². The van der Waals surface area contributed by atoms with E-state index in [0.717, 1.165) is 0 Å². The number of nitrogens with two attached hydrogens (primary N) is 1. The molecule has 2 heterocycles. The number of hydrogen-bond acceptors (Lipinski definition) is 6. The fraction of sp³-hybridized carbons (Fsp3) is 0.818. The van der Waals surface area contributed by atoms with Crippen LogP contribution in [0.15, 0.2) is 4.52 Å². The predicted octanol–water partition coefficient (Wildman–Crippen LogP) is 1.02. The molecule has 2 unspecified atom stereocenters. The first-order valence-corrected chi connectivity index (χ1v) is 6.26. The largest absolute Gasteiger partial charge is 0.411 e. The number of alkyl halides is 3. The standard InChI is InChI=1S/C11H16F3N3O3/c12-11(13,14)6-19-4-2-9-16-10(20-17-9)7-5-18-3-1-8(7)15/h7-8H,1-6,15H2. The van der Waals surface area contributed by atoms with Gasteiger partial charge in [-0.15, -0.1) is 0 Å². The van der Waals surface area contributed by atoms with Crippen molar-refractivity contribution in [2.45, 2.75) is 31.0 Å². The van der Waals surface area contributed by atoms with E-state index in [-0.39, 0.29) is 25.0 Å². The highest BCUT2D eigenvalue weighted by Gasteiger charge is 2.29. The van der Waals surface area contributed by atoms with E-state index < -0.39 is 12.8 Å². The third-order valence-corrected chi connectivity index (χ3v) is 2.95. The van der Waals surface area contributed by atoms with E-state index in [1.165, 1.54) is 0 Å². The van der Waals surface area contributed by atoms with E-state index in [4.69, 9.17) is 15.0 Å². The van der Waals surface area contributed by atoms with E-state index in [9.17, 15) is 13.2 Å². The van der Waals surface area contributed by atoms with Crippen molar-refractivity contribution in [2.24, 2.45) is 5.73 Å². The molecule has 0 spiro atoms. The van der Waals surface area contributed by atoms with Crippen molar-refractivity contribution < 1.29 is 27.2 Å². The maximum atomic E-state index is 11.9. The minimum absolute atomic E-state index is 0.112. The van der Waals surface area contributed by atoms with Crippen LogP contribution >= 0.6 is 0 Å². The lowest BCUT2D eigenvalue weighted by Gasteiger charge is -2.25. The molecule has 2 N–H and O–H groups in total. The Labute approximate surface area is 113 Å². The highest BCUT2D eigenvalue weighted by molar-refractivity contribution is 5.00. The molecule has 2 atom stereocenters. The first kappa shape index (κ1) is 15.2. The van der Waals surface area contributed by atoms with Crippen LogP contribution in [0.4, 0.5) is 13.2 Å². The van der Waals surface area contributed by atoms with Gasteiger partial charge in [-0.25, -0.2) is 0 Å². The van der Waals surface area contributed by atoms with Gasteiger partial charge in [-0.1, -0.05) is 5.16 Å². The minimum Gasteiger partial charge on any atom is -0.381 e. The zero-order valence-electron chi connectivity index (χ0n) is 10.7. The summed E-state index contributed by atoms with van der Waals surface area (Å²) in [4.78, 5) is 4.12. The SMILES string of the molecule is NC1CCOCC1c1nc(CCOCC(F)(F)F)no1. The van der Waals surface area contributed by atoms with Gasteiger partial charge in [0, 0.05) is 19.1 Å². The van der Waals surface area contributed by atoms with Crippen molar-refractivity contribution in [3.63, 3.8) is 0 Å². The Hall–Kier alpha value is -1.19. The highest BCUT2D eigenvalue weighted by Crippen LogP contribution is 2.23. The summed E-state index contributed by atoms with van der Waals surface area (Å²) >= 11 is 0. The summed E-state index contributed by atoms with van der Waals surface area (Å²) in [6.07, 6.45) is -3.46.